The summed E-state index contributed by atoms with van der Waals surface area (Å²) in [5.74, 6) is 0.458. The molecule has 0 amide bonds. The van der Waals surface area contributed by atoms with Gasteiger partial charge in [-0.15, -0.1) is 0 Å². The Labute approximate surface area is 122 Å². The van der Waals surface area contributed by atoms with Gasteiger partial charge < -0.3 is 18.6 Å². The summed E-state index contributed by atoms with van der Waals surface area (Å²) in [6.45, 7) is 1.55. The maximum atomic E-state index is 11.8. The standard InChI is InChI=1S/C15H18N2O4/c1-19-13-7-14-16-12(10-3-5-21-6-4-10)9-17(14)8-11(13)15(18)20-2/h7-10H,3-6H2,1-2H3. The molecule has 2 aromatic heterocycles. The molecule has 0 unspecified atom stereocenters. The van der Waals surface area contributed by atoms with E-state index in [2.05, 4.69) is 4.98 Å². The first-order chi connectivity index (χ1) is 10.2. The third-order valence-electron chi connectivity index (χ3n) is 3.84. The second-order valence-electron chi connectivity index (χ2n) is 5.06. The largest absolute Gasteiger partial charge is 0.496 e. The highest BCUT2D eigenvalue weighted by Gasteiger charge is 2.20. The number of carbonyl (C=O) groups excluding carboxylic acids is 1. The first-order valence-corrected chi connectivity index (χ1v) is 6.95. The normalized spacial score (nSPS) is 16.1. The SMILES string of the molecule is COC(=O)c1cn2cc(C3CCOCC3)nc2cc1OC. The van der Waals surface area contributed by atoms with Crippen LogP contribution >= 0.6 is 0 Å². The van der Waals surface area contributed by atoms with Crippen molar-refractivity contribution in [3.8, 4) is 5.75 Å². The first-order valence-electron chi connectivity index (χ1n) is 6.95. The zero-order chi connectivity index (χ0) is 14.8. The van der Waals surface area contributed by atoms with E-state index in [1.165, 1.54) is 14.2 Å². The van der Waals surface area contributed by atoms with Crippen LogP contribution in [0.1, 0.15) is 34.8 Å². The van der Waals surface area contributed by atoms with Crippen LogP contribution in [0.5, 0.6) is 5.75 Å². The summed E-state index contributed by atoms with van der Waals surface area (Å²) in [4.78, 5) is 16.4. The first kappa shape index (κ1) is 13.9. The van der Waals surface area contributed by atoms with Crippen LogP contribution in [0.15, 0.2) is 18.5 Å². The molecule has 1 aliphatic rings. The van der Waals surface area contributed by atoms with Crippen molar-refractivity contribution >= 4 is 11.6 Å². The molecule has 0 radical (unpaired) electrons. The highest BCUT2D eigenvalue weighted by molar-refractivity contribution is 5.92. The van der Waals surface area contributed by atoms with Crippen molar-refractivity contribution in [3.63, 3.8) is 0 Å². The lowest BCUT2D eigenvalue weighted by atomic mass is 9.97. The molecular formula is C15H18N2O4. The van der Waals surface area contributed by atoms with Crippen LogP contribution in [0.3, 0.4) is 0 Å². The summed E-state index contributed by atoms with van der Waals surface area (Å²) in [5.41, 5.74) is 2.19. The molecule has 0 N–H and O–H groups in total. The second kappa shape index (κ2) is 5.73. The van der Waals surface area contributed by atoms with E-state index in [9.17, 15) is 4.79 Å². The van der Waals surface area contributed by atoms with Gasteiger partial charge >= 0.3 is 5.97 Å². The number of carbonyl (C=O) groups is 1. The van der Waals surface area contributed by atoms with E-state index in [-0.39, 0.29) is 0 Å². The van der Waals surface area contributed by atoms with Gasteiger partial charge in [0.15, 0.2) is 0 Å². The summed E-state index contributed by atoms with van der Waals surface area (Å²) in [6, 6.07) is 1.76. The van der Waals surface area contributed by atoms with Crippen LogP contribution in [0.2, 0.25) is 0 Å². The number of ether oxygens (including phenoxy) is 3. The molecule has 3 heterocycles. The summed E-state index contributed by atoms with van der Waals surface area (Å²) in [5, 5.41) is 0. The van der Waals surface area contributed by atoms with Gasteiger partial charge in [-0.1, -0.05) is 0 Å². The second-order valence-corrected chi connectivity index (χ2v) is 5.06. The number of hydrogen-bond acceptors (Lipinski definition) is 5. The minimum Gasteiger partial charge on any atom is -0.496 e. The van der Waals surface area contributed by atoms with Crippen LogP contribution in [-0.4, -0.2) is 42.8 Å². The van der Waals surface area contributed by atoms with E-state index in [1.54, 1.807) is 12.3 Å². The number of imidazole rings is 1. The lowest BCUT2D eigenvalue weighted by Crippen LogP contribution is -2.14. The van der Waals surface area contributed by atoms with Gasteiger partial charge in [-0.2, -0.15) is 0 Å². The van der Waals surface area contributed by atoms with Crippen molar-refractivity contribution < 1.29 is 19.0 Å². The van der Waals surface area contributed by atoms with Crippen LogP contribution in [-0.2, 0) is 9.47 Å². The highest BCUT2D eigenvalue weighted by atomic mass is 16.5. The number of esters is 1. The maximum Gasteiger partial charge on any atom is 0.343 e. The zero-order valence-electron chi connectivity index (χ0n) is 12.2. The molecule has 112 valence electrons. The predicted octanol–water partition coefficient (Wildman–Crippen LogP) is 2.02. The Bertz CT molecular complexity index is 659. The molecule has 21 heavy (non-hydrogen) atoms. The van der Waals surface area contributed by atoms with Gasteiger partial charge in [0.1, 0.15) is 17.0 Å². The average molecular weight is 290 g/mol. The Morgan fingerprint density at radius 2 is 2.10 bits per heavy atom. The molecule has 3 rings (SSSR count). The van der Waals surface area contributed by atoms with Crippen molar-refractivity contribution in [1.82, 2.24) is 9.38 Å². The van der Waals surface area contributed by atoms with E-state index in [0.29, 0.717) is 17.2 Å². The fraction of sp³-hybridized carbons (Fsp3) is 0.467. The Hall–Kier alpha value is -2.08. The van der Waals surface area contributed by atoms with Gasteiger partial charge in [0.05, 0.1) is 19.9 Å². The zero-order valence-corrected chi connectivity index (χ0v) is 12.2. The number of rotatable bonds is 3. The van der Waals surface area contributed by atoms with E-state index in [0.717, 1.165) is 37.4 Å². The summed E-state index contributed by atoms with van der Waals surface area (Å²) in [6.07, 6.45) is 5.63. The number of aromatic nitrogens is 2. The molecule has 1 saturated heterocycles. The van der Waals surface area contributed by atoms with Crippen LogP contribution < -0.4 is 4.74 Å². The molecule has 0 aromatic carbocycles. The van der Waals surface area contributed by atoms with Crippen LogP contribution in [0.4, 0.5) is 0 Å². The van der Waals surface area contributed by atoms with Crippen molar-refractivity contribution in [2.24, 2.45) is 0 Å². The summed E-state index contributed by atoms with van der Waals surface area (Å²) < 4.78 is 17.3. The number of pyridine rings is 1. The Balaban J connectivity index is 2.02. The van der Waals surface area contributed by atoms with E-state index in [4.69, 9.17) is 14.2 Å². The number of nitrogens with zero attached hydrogens (tertiary/aromatic N) is 2. The fourth-order valence-corrected chi connectivity index (χ4v) is 2.66. The lowest BCUT2D eigenvalue weighted by molar-refractivity contribution is 0.0596. The Morgan fingerprint density at radius 1 is 1.33 bits per heavy atom. The maximum absolute atomic E-state index is 11.8. The van der Waals surface area contributed by atoms with Crippen LogP contribution in [0, 0.1) is 0 Å². The van der Waals surface area contributed by atoms with Gasteiger partial charge in [0.2, 0.25) is 0 Å². The molecule has 1 fully saturated rings. The quantitative estimate of drug-likeness (QED) is 0.809. The molecule has 0 aliphatic carbocycles. The van der Waals surface area contributed by atoms with Crippen LogP contribution in [0.25, 0.3) is 5.65 Å². The predicted molar refractivity (Wildman–Crippen MR) is 75.9 cm³/mol. The molecule has 0 bridgehead atoms. The summed E-state index contributed by atoms with van der Waals surface area (Å²) in [7, 11) is 2.88. The molecule has 6 heteroatoms. The minimum absolute atomic E-state index is 0.392. The molecule has 0 atom stereocenters. The monoisotopic (exact) mass is 290 g/mol. The fourth-order valence-electron chi connectivity index (χ4n) is 2.66. The number of fused-ring (bicyclic) bond motifs is 1. The van der Waals surface area contributed by atoms with Crippen molar-refractivity contribution in [1.29, 1.82) is 0 Å². The molecular weight excluding hydrogens is 272 g/mol. The molecule has 0 saturated carbocycles. The lowest BCUT2D eigenvalue weighted by Gasteiger charge is -2.19. The highest BCUT2D eigenvalue weighted by Crippen LogP contribution is 2.28. The topological polar surface area (TPSA) is 62.1 Å². The Kier molecular flexibility index (Phi) is 3.79. The molecule has 6 nitrogen and oxygen atoms in total. The van der Waals surface area contributed by atoms with E-state index < -0.39 is 5.97 Å². The summed E-state index contributed by atoms with van der Waals surface area (Å²) >= 11 is 0. The van der Waals surface area contributed by atoms with E-state index >= 15 is 0 Å². The third-order valence-corrected chi connectivity index (χ3v) is 3.84. The van der Waals surface area contributed by atoms with Gasteiger partial charge in [0.25, 0.3) is 0 Å². The van der Waals surface area contributed by atoms with Gasteiger partial charge in [-0.25, -0.2) is 9.78 Å². The van der Waals surface area contributed by atoms with Gasteiger partial charge in [-0.05, 0) is 12.8 Å². The van der Waals surface area contributed by atoms with E-state index in [1.807, 2.05) is 10.6 Å². The van der Waals surface area contributed by atoms with Crippen molar-refractivity contribution in [2.75, 3.05) is 27.4 Å². The van der Waals surface area contributed by atoms with Gasteiger partial charge in [-0.3, -0.25) is 0 Å². The third kappa shape index (κ3) is 2.58. The number of hydrogen-bond donors (Lipinski definition) is 0. The number of methoxy groups -OCH3 is 2. The molecule has 1 aliphatic heterocycles. The van der Waals surface area contributed by atoms with Crippen molar-refractivity contribution in [2.45, 2.75) is 18.8 Å². The smallest absolute Gasteiger partial charge is 0.343 e. The van der Waals surface area contributed by atoms with Crippen molar-refractivity contribution in [3.05, 3.63) is 29.7 Å². The molecule has 2 aromatic rings. The minimum atomic E-state index is -0.421. The molecule has 0 spiro atoms. The Morgan fingerprint density at radius 3 is 2.76 bits per heavy atom. The van der Waals surface area contributed by atoms with Gasteiger partial charge in [0, 0.05) is 37.6 Å². The average Bonchev–Trinajstić information content (AvgIpc) is 2.96.